The Balaban J connectivity index is 2.07. The van der Waals surface area contributed by atoms with Gasteiger partial charge < -0.3 is 4.57 Å². The van der Waals surface area contributed by atoms with Gasteiger partial charge in [-0.3, -0.25) is 0 Å². The summed E-state index contributed by atoms with van der Waals surface area (Å²) in [6, 6.07) is 13.0. The highest BCUT2D eigenvalue weighted by atomic mass is 35.5. The summed E-state index contributed by atoms with van der Waals surface area (Å²) in [6.07, 6.45) is 0.670. The zero-order valence-corrected chi connectivity index (χ0v) is 12.6. The van der Waals surface area contributed by atoms with Crippen molar-refractivity contribution in [2.24, 2.45) is 0 Å². The summed E-state index contributed by atoms with van der Waals surface area (Å²) >= 11 is 5.86. The molecule has 0 unspecified atom stereocenters. The fraction of sp³-hybridized carbons (Fsp3) is 0.235. The highest BCUT2D eigenvalue weighted by molar-refractivity contribution is 6.17. The molecule has 0 aliphatic rings. The molecule has 2 nitrogen and oxygen atoms in total. The first-order valence-electron chi connectivity index (χ1n) is 6.93. The molecule has 0 aliphatic carbocycles. The molecule has 3 aromatic rings. The lowest BCUT2D eigenvalue weighted by Gasteiger charge is -2.09. The molecular formula is C17H16ClFN2. The number of halogens is 2. The summed E-state index contributed by atoms with van der Waals surface area (Å²) in [5, 5.41) is 0. The van der Waals surface area contributed by atoms with E-state index in [4.69, 9.17) is 11.6 Å². The molecular weight excluding hydrogens is 287 g/mol. The van der Waals surface area contributed by atoms with E-state index in [0.29, 0.717) is 18.8 Å². The monoisotopic (exact) mass is 302 g/mol. The Kier molecular flexibility index (Phi) is 3.93. The summed E-state index contributed by atoms with van der Waals surface area (Å²) < 4.78 is 15.6. The van der Waals surface area contributed by atoms with Gasteiger partial charge in [0.25, 0.3) is 0 Å². The van der Waals surface area contributed by atoms with Crippen LogP contribution in [0.5, 0.6) is 0 Å². The molecule has 0 N–H and O–H groups in total. The number of aromatic nitrogens is 2. The van der Waals surface area contributed by atoms with Crippen LogP contribution in [-0.4, -0.2) is 15.4 Å². The number of benzene rings is 2. The molecule has 0 spiro atoms. The third-order valence-electron chi connectivity index (χ3n) is 3.57. The molecule has 21 heavy (non-hydrogen) atoms. The number of nitrogens with zero attached hydrogens (tertiary/aromatic N) is 2. The van der Waals surface area contributed by atoms with E-state index >= 15 is 0 Å². The first-order chi connectivity index (χ1) is 10.2. The number of alkyl halides is 1. The van der Waals surface area contributed by atoms with Crippen molar-refractivity contribution in [1.29, 1.82) is 0 Å². The lowest BCUT2D eigenvalue weighted by molar-refractivity contribution is 0.628. The van der Waals surface area contributed by atoms with Crippen LogP contribution >= 0.6 is 11.6 Å². The van der Waals surface area contributed by atoms with Gasteiger partial charge in [0.2, 0.25) is 0 Å². The summed E-state index contributed by atoms with van der Waals surface area (Å²) in [5.41, 5.74) is 4.01. The maximum absolute atomic E-state index is 13.5. The molecule has 0 fully saturated rings. The number of rotatable bonds is 4. The first-order valence-corrected chi connectivity index (χ1v) is 7.47. The highest BCUT2D eigenvalue weighted by Gasteiger charge is 2.11. The molecule has 0 radical (unpaired) electrons. The standard InChI is InChI=1S/C17H16ClFN2/c1-12-2-4-13(5-3-12)11-21-16-10-14(19)6-7-15(16)20-17(21)8-9-18/h2-7,10H,8-9,11H2,1H3. The molecule has 0 bridgehead atoms. The van der Waals surface area contributed by atoms with Crippen molar-refractivity contribution < 1.29 is 4.39 Å². The van der Waals surface area contributed by atoms with E-state index in [1.165, 1.54) is 23.3 Å². The Bertz CT molecular complexity index is 762. The molecule has 0 amide bonds. The van der Waals surface area contributed by atoms with Crippen LogP contribution in [0.25, 0.3) is 11.0 Å². The normalized spacial score (nSPS) is 11.2. The Labute approximate surface area is 128 Å². The van der Waals surface area contributed by atoms with Gasteiger partial charge in [0.15, 0.2) is 0 Å². The molecule has 0 atom stereocenters. The van der Waals surface area contributed by atoms with Gasteiger partial charge in [-0.2, -0.15) is 0 Å². The first kappa shape index (κ1) is 14.1. The number of imidazole rings is 1. The fourth-order valence-electron chi connectivity index (χ4n) is 2.47. The van der Waals surface area contributed by atoms with Crippen molar-refractivity contribution in [2.45, 2.75) is 19.9 Å². The van der Waals surface area contributed by atoms with Crippen molar-refractivity contribution in [3.63, 3.8) is 0 Å². The summed E-state index contributed by atoms with van der Waals surface area (Å²) in [5.74, 6) is 1.15. The number of aryl methyl sites for hydroxylation is 2. The SMILES string of the molecule is Cc1ccc(Cn2c(CCCl)nc3ccc(F)cc32)cc1. The van der Waals surface area contributed by atoms with Gasteiger partial charge >= 0.3 is 0 Å². The minimum Gasteiger partial charge on any atom is -0.323 e. The Morgan fingerprint density at radius 1 is 1.14 bits per heavy atom. The Morgan fingerprint density at radius 2 is 1.90 bits per heavy atom. The van der Waals surface area contributed by atoms with Crippen molar-refractivity contribution >= 4 is 22.6 Å². The third-order valence-corrected chi connectivity index (χ3v) is 3.76. The van der Waals surface area contributed by atoms with E-state index in [2.05, 4.69) is 36.2 Å². The predicted octanol–water partition coefficient (Wildman–Crippen LogP) is 4.31. The van der Waals surface area contributed by atoms with Gasteiger partial charge in [0, 0.05) is 18.8 Å². The average Bonchev–Trinajstić information content (AvgIpc) is 2.79. The van der Waals surface area contributed by atoms with Crippen LogP contribution in [0.1, 0.15) is 17.0 Å². The zero-order chi connectivity index (χ0) is 14.8. The van der Waals surface area contributed by atoms with Crippen molar-refractivity contribution in [3.05, 3.63) is 65.2 Å². The van der Waals surface area contributed by atoms with Crippen LogP contribution in [0, 0.1) is 12.7 Å². The molecule has 1 heterocycles. The van der Waals surface area contributed by atoms with Crippen LogP contribution in [0.3, 0.4) is 0 Å². The van der Waals surface area contributed by atoms with Crippen molar-refractivity contribution in [3.8, 4) is 0 Å². The summed E-state index contributed by atoms with van der Waals surface area (Å²) in [4.78, 5) is 4.57. The molecule has 3 rings (SSSR count). The Morgan fingerprint density at radius 3 is 2.62 bits per heavy atom. The minimum atomic E-state index is -0.245. The van der Waals surface area contributed by atoms with E-state index < -0.39 is 0 Å². The quantitative estimate of drug-likeness (QED) is 0.657. The van der Waals surface area contributed by atoms with Crippen molar-refractivity contribution in [1.82, 2.24) is 9.55 Å². The van der Waals surface area contributed by atoms with Crippen molar-refractivity contribution in [2.75, 3.05) is 5.88 Å². The number of fused-ring (bicyclic) bond motifs is 1. The van der Waals surface area contributed by atoms with Gasteiger partial charge in [0.05, 0.1) is 11.0 Å². The smallest absolute Gasteiger partial charge is 0.125 e. The fourth-order valence-corrected chi connectivity index (χ4v) is 2.64. The predicted molar refractivity (Wildman–Crippen MR) is 84.4 cm³/mol. The van der Waals surface area contributed by atoms with Crippen LogP contribution in [-0.2, 0) is 13.0 Å². The minimum absolute atomic E-state index is 0.245. The molecule has 0 saturated carbocycles. The molecule has 1 aromatic heterocycles. The van der Waals surface area contributed by atoms with E-state index in [-0.39, 0.29) is 5.82 Å². The third kappa shape index (κ3) is 2.93. The van der Waals surface area contributed by atoms with Crippen LogP contribution in [0.4, 0.5) is 4.39 Å². The largest absolute Gasteiger partial charge is 0.323 e. The summed E-state index contributed by atoms with van der Waals surface area (Å²) in [7, 11) is 0. The van der Waals surface area contributed by atoms with Crippen LogP contribution in [0.15, 0.2) is 42.5 Å². The maximum Gasteiger partial charge on any atom is 0.125 e. The van der Waals surface area contributed by atoms with E-state index in [9.17, 15) is 4.39 Å². The van der Waals surface area contributed by atoms with Crippen LogP contribution < -0.4 is 0 Å². The number of hydrogen-bond acceptors (Lipinski definition) is 1. The summed E-state index contributed by atoms with van der Waals surface area (Å²) in [6.45, 7) is 2.73. The van der Waals surface area contributed by atoms with E-state index in [1.54, 1.807) is 6.07 Å². The zero-order valence-electron chi connectivity index (χ0n) is 11.8. The van der Waals surface area contributed by atoms with Gasteiger partial charge in [-0.25, -0.2) is 9.37 Å². The van der Waals surface area contributed by atoms with E-state index in [1.807, 2.05) is 4.57 Å². The van der Waals surface area contributed by atoms with E-state index in [0.717, 1.165) is 16.9 Å². The van der Waals surface area contributed by atoms with Crippen LogP contribution in [0.2, 0.25) is 0 Å². The molecule has 0 aliphatic heterocycles. The Hall–Kier alpha value is -1.87. The second-order valence-corrected chi connectivity index (χ2v) is 5.55. The molecule has 4 heteroatoms. The molecule has 0 saturated heterocycles. The average molecular weight is 303 g/mol. The number of hydrogen-bond donors (Lipinski definition) is 0. The van der Waals surface area contributed by atoms with Gasteiger partial charge in [-0.15, -0.1) is 11.6 Å². The van der Waals surface area contributed by atoms with Gasteiger partial charge in [-0.1, -0.05) is 29.8 Å². The van der Waals surface area contributed by atoms with Gasteiger partial charge in [0.1, 0.15) is 11.6 Å². The maximum atomic E-state index is 13.5. The topological polar surface area (TPSA) is 17.8 Å². The molecule has 108 valence electrons. The second kappa shape index (κ2) is 5.86. The van der Waals surface area contributed by atoms with Gasteiger partial charge in [-0.05, 0) is 30.7 Å². The molecule has 2 aromatic carbocycles. The lowest BCUT2D eigenvalue weighted by atomic mass is 10.1. The lowest BCUT2D eigenvalue weighted by Crippen LogP contribution is -2.06. The second-order valence-electron chi connectivity index (χ2n) is 5.17. The highest BCUT2D eigenvalue weighted by Crippen LogP contribution is 2.20.